The number of carboxylic acids is 2. The molecule has 1 aromatic rings. The molecule has 0 heterocycles. The monoisotopic (exact) mass is 270 g/mol. The molecule has 1 atom stereocenters. The lowest BCUT2D eigenvalue weighted by molar-refractivity contribution is -0.143. The second-order valence-electron chi connectivity index (χ2n) is 4.60. The Balaban J connectivity index is 2.23. The van der Waals surface area contributed by atoms with Gasteiger partial charge in [0.15, 0.2) is 0 Å². The summed E-state index contributed by atoms with van der Waals surface area (Å²) in [5.74, 6) is -1.89. The third-order valence-corrected chi connectivity index (χ3v) is 3.23. The van der Waals surface area contributed by atoms with Crippen molar-refractivity contribution in [2.75, 3.05) is 0 Å². The van der Waals surface area contributed by atoms with Crippen LogP contribution in [-0.4, -0.2) is 22.2 Å². The minimum absolute atomic E-state index is 0.204. The van der Waals surface area contributed by atoms with Gasteiger partial charge in [-0.05, 0) is 24.1 Å². The van der Waals surface area contributed by atoms with E-state index < -0.39 is 17.4 Å². The fourth-order valence-corrected chi connectivity index (χ4v) is 1.97. The summed E-state index contributed by atoms with van der Waals surface area (Å²) in [4.78, 5) is 22.2. The Hall–Kier alpha value is -2.62. The molecule has 0 bridgehead atoms. The Kier molecular flexibility index (Phi) is 3.84. The number of carbonyl (C=O) groups is 2. The van der Waals surface area contributed by atoms with E-state index in [1.165, 1.54) is 12.1 Å². The molecule has 20 heavy (non-hydrogen) atoms. The topological polar surface area (TPSA) is 74.6 Å². The zero-order chi connectivity index (χ0) is 14.6. The first-order valence-electron chi connectivity index (χ1n) is 6.14. The van der Waals surface area contributed by atoms with Crippen LogP contribution in [0.2, 0.25) is 0 Å². The molecule has 102 valence electrons. The zero-order valence-electron chi connectivity index (χ0n) is 10.7. The van der Waals surface area contributed by atoms with Crippen LogP contribution in [0.5, 0.6) is 0 Å². The van der Waals surface area contributed by atoms with Crippen molar-refractivity contribution in [3.8, 4) is 0 Å². The molecule has 0 radical (unpaired) electrons. The summed E-state index contributed by atoms with van der Waals surface area (Å²) >= 11 is 0. The van der Waals surface area contributed by atoms with E-state index in [0.29, 0.717) is 6.42 Å². The molecule has 0 saturated heterocycles. The van der Waals surface area contributed by atoms with E-state index in [9.17, 15) is 14.7 Å². The van der Waals surface area contributed by atoms with Crippen LogP contribution in [0.25, 0.3) is 6.08 Å². The largest absolute Gasteiger partial charge is 0.480 e. The fraction of sp³-hybridized carbons (Fsp3) is 0.125. The summed E-state index contributed by atoms with van der Waals surface area (Å²) in [7, 11) is 0. The molecule has 0 fully saturated rings. The number of hydrogen-bond acceptors (Lipinski definition) is 2. The van der Waals surface area contributed by atoms with Crippen molar-refractivity contribution >= 4 is 18.0 Å². The summed E-state index contributed by atoms with van der Waals surface area (Å²) in [6.45, 7) is 0. The molecular weight excluding hydrogens is 256 g/mol. The molecule has 0 aliphatic heterocycles. The van der Waals surface area contributed by atoms with E-state index in [1.807, 2.05) is 12.2 Å². The van der Waals surface area contributed by atoms with Crippen molar-refractivity contribution in [3.63, 3.8) is 0 Å². The van der Waals surface area contributed by atoms with Crippen molar-refractivity contribution < 1.29 is 19.8 Å². The molecule has 4 heteroatoms. The Morgan fingerprint density at radius 1 is 1.10 bits per heavy atom. The van der Waals surface area contributed by atoms with Gasteiger partial charge in [0.1, 0.15) is 5.41 Å². The maximum absolute atomic E-state index is 11.4. The first-order chi connectivity index (χ1) is 9.53. The molecule has 1 aromatic carbocycles. The number of carboxylic acid groups (broad SMARTS) is 2. The second kappa shape index (κ2) is 5.57. The minimum atomic E-state index is -1.03. The molecule has 0 saturated carbocycles. The molecule has 1 unspecified atom stereocenters. The van der Waals surface area contributed by atoms with Crippen LogP contribution >= 0.6 is 0 Å². The fourth-order valence-electron chi connectivity index (χ4n) is 1.97. The number of aromatic carboxylic acids is 1. The van der Waals surface area contributed by atoms with E-state index in [2.05, 4.69) is 0 Å². The highest BCUT2D eigenvalue weighted by atomic mass is 16.4. The Labute approximate surface area is 116 Å². The standard InChI is InChI=1S/C16H14O4/c17-14(18)13-6-4-12(5-7-13)8-11-16(15(19)20)9-2-1-3-10-16/h1-9,11H,10H2,(H,17,18)(H,19,20). The molecular formula is C16H14O4. The maximum Gasteiger partial charge on any atom is 0.335 e. The first kappa shape index (κ1) is 13.8. The van der Waals surface area contributed by atoms with Gasteiger partial charge in [0, 0.05) is 0 Å². The predicted octanol–water partition coefficient (Wildman–Crippen LogP) is 2.99. The molecule has 2 N–H and O–H groups in total. The van der Waals surface area contributed by atoms with Crippen molar-refractivity contribution in [3.05, 3.63) is 65.8 Å². The number of rotatable bonds is 4. The molecule has 0 amide bonds. The van der Waals surface area contributed by atoms with Gasteiger partial charge < -0.3 is 10.2 Å². The number of aliphatic carboxylic acids is 1. The van der Waals surface area contributed by atoms with Crippen molar-refractivity contribution in [2.45, 2.75) is 6.42 Å². The SMILES string of the molecule is O=C(O)c1ccc(C=CC2(C(=O)O)C=CC=CC2)cc1. The average molecular weight is 270 g/mol. The summed E-state index contributed by atoms with van der Waals surface area (Å²) in [5, 5.41) is 18.2. The summed E-state index contributed by atoms with van der Waals surface area (Å²) in [6.07, 6.45) is 10.7. The lowest BCUT2D eigenvalue weighted by Crippen LogP contribution is -2.26. The third-order valence-electron chi connectivity index (χ3n) is 3.23. The molecule has 1 aliphatic carbocycles. The number of hydrogen-bond donors (Lipinski definition) is 2. The Morgan fingerprint density at radius 3 is 2.30 bits per heavy atom. The molecule has 4 nitrogen and oxygen atoms in total. The van der Waals surface area contributed by atoms with Crippen LogP contribution in [0.15, 0.2) is 54.6 Å². The minimum Gasteiger partial charge on any atom is -0.480 e. The van der Waals surface area contributed by atoms with E-state index >= 15 is 0 Å². The van der Waals surface area contributed by atoms with Gasteiger partial charge >= 0.3 is 11.9 Å². The normalized spacial score (nSPS) is 21.2. The van der Waals surface area contributed by atoms with Crippen LogP contribution in [0.4, 0.5) is 0 Å². The van der Waals surface area contributed by atoms with Crippen LogP contribution in [0.3, 0.4) is 0 Å². The number of benzene rings is 1. The lowest BCUT2D eigenvalue weighted by Gasteiger charge is -2.22. The summed E-state index contributed by atoms with van der Waals surface area (Å²) in [5.41, 5.74) is -0.0607. The smallest absolute Gasteiger partial charge is 0.335 e. The molecule has 2 rings (SSSR count). The van der Waals surface area contributed by atoms with Crippen molar-refractivity contribution in [1.82, 2.24) is 0 Å². The summed E-state index contributed by atoms with van der Waals surface area (Å²) < 4.78 is 0. The van der Waals surface area contributed by atoms with Crippen LogP contribution in [0, 0.1) is 5.41 Å². The highest BCUT2D eigenvalue weighted by Gasteiger charge is 2.32. The van der Waals surface area contributed by atoms with Crippen molar-refractivity contribution in [2.24, 2.45) is 5.41 Å². The van der Waals surface area contributed by atoms with E-state index in [0.717, 1.165) is 5.56 Å². The van der Waals surface area contributed by atoms with Gasteiger partial charge in [-0.3, -0.25) is 4.79 Å². The summed E-state index contributed by atoms with van der Waals surface area (Å²) in [6, 6.07) is 6.29. The maximum atomic E-state index is 11.4. The molecule has 0 spiro atoms. The van der Waals surface area contributed by atoms with E-state index in [1.54, 1.807) is 36.4 Å². The van der Waals surface area contributed by atoms with Crippen LogP contribution in [0.1, 0.15) is 22.3 Å². The van der Waals surface area contributed by atoms with Crippen molar-refractivity contribution in [1.29, 1.82) is 0 Å². The van der Waals surface area contributed by atoms with E-state index in [-0.39, 0.29) is 5.56 Å². The van der Waals surface area contributed by atoms with Gasteiger partial charge in [0.2, 0.25) is 0 Å². The highest BCUT2D eigenvalue weighted by Crippen LogP contribution is 2.30. The van der Waals surface area contributed by atoms with Crippen LogP contribution < -0.4 is 0 Å². The van der Waals surface area contributed by atoms with Gasteiger partial charge in [-0.25, -0.2) is 4.79 Å². The van der Waals surface area contributed by atoms with E-state index in [4.69, 9.17) is 5.11 Å². The van der Waals surface area contributed by atoms with Gasteiger partial charge in [-0.1, -0.05) is 48.6 Å². The van der Waals surface area contributed by atoms with Gasteiger partial charge in [-0.15, -0.1) is 0 Å². The third kappa shape index (κ3) is 2.85. The average Bonchev–Trinajstić information content (AvgIpc) is 2.46. The molecule has 0 aromatic heterocycles. The highest BCUT2D eigenvalue weighted by molar-refractivity contribution is 5.88. The van der Waals surface area contributed by atoms with Gasteiger partial charge in [-0.2, -0.15) is 0 Å². The van der Waals surface area contributed by atoms with Gasteiger partial charge in [0.25, 0.3) is 0 Å². The number of allylic oxidation sites excluding steroid dienone is 3. The van der Waals surface area contributed by atoms with Gasteiger partial charge in [0.05, 0.1) is 5.56 Å². The molecule has 1 aliphatic rings. The quantitative estimate of drug-likeness (QED) is 0.882. The second-order valence-corrected chi connectivity index (χ2v) is 4.60. The first-order valence-corrected chi connectivity index (χ1v) is 6.14. The Bertz CT molecular complexity index is 608. The van der Waals surface area contributed by atoms with Crippen LogP contribution in [-0.2, 0) is 4.79 Å². The predicted molar refractivity (Wildman–Crippen MR) is 75.4 cm³/mol. The lowest BCUT2D eigenvalue weighted by atomic mass is 9.81. The Morgan fingerprint density at radius 2 is 1.80 bits per heavy atom. The zero-order valence-corrected chi connectivity index (χ0v) is 10.7.